The van der Waals surface area contributed by atoms with Crippen molar-refractivity contribution in [1.29, 1.82) is 0 Å². The van der Waals surface area contributed by atoms with E-state index < -0.39 is 5.60 Å². The minimum Gasteiger partial charge on any atom is -0.468 e. The summed E-state index contributed by atoms with van der Waals surface area (Å²) < 4.78 is 10.8. The van der Waals surface area contributed by atoms with Gasteiger partial charge in [-0.15, -0.1) is 0 Å². The van der Waals surface area contributed by atoms with Crippen molar-refractivity contribution in [1.82, 2.24) is 10.2 Å². The molecule has 1 N–H and O–H groups in total. The maximum absolute atomic E-state index is 12.0. The molecule has 1 aliphatic heterocycles. The SMILES string of the molecule is C[C@@H](N[C@@H]1CCN(C(=O)OC(C)(C)C)C1)c1ccco1. The Morgan fingerprint density at radius 2 is 2.30 bits per heavy atom. The molecule has 1 amide bonds. The molecule has 0 aliphatic carbocycles. The van der Waals surface area contributed by atoms with E-state index in [9.17, 15) is 4.79 Å². The fourth-order valence-corrected chi connectivity index (χ4v) is 2.36. The number of ether oxygens (including phenoxy) is 1. The smallest absolute Gasteiger partial charge is 0.410 e. The minimum atomic E-state index is -0.440. The Labute approximate surface area is 120 Å². The van der Waals surface area contributed by atoms with Crippen molar-refractivity contribution < 1.29 is 13.9 Å². The van der Waals surface area contributed by atoms with Gasteiger partial charge in [0.25, 0.3) is 0 Å². The summed E-state index contributed by atoms with van der Waals surface area (Å²) in [5.41, 5.74) is -0.440. The summed E-state index contributed by atoms with van der Waals surface area (Å²) in [7, 11) is 0. The summed E-state index contributed by atoms with van der Waals surface area (Å²) in [6.07, 6.45) is 2.38. The molecule has 1 aliphatic rings. The highest BCUT2D eigenvalue weighted by Crippen LogP contribution is 2.19. The predicted molar refractivity (Wildman–Crippen MR) is 76.5 cm³/mol. The summed E-state index contributed by atoms with van der Waals surface area (Å²) in [6, 6.07) is 4.27. The van der Waals surface area contributed by atoms with Crippen LogP contribution < -0.4 is 5.32 Å². The first kappa shape index (κ1) is 14.9. The molecule has 0 radical (unpaired) electrons. The number of hydrogen-bond donors (Lipinski definition) is 1. The largest absolute Gasteiger partial charge is 0.468 e. The summed E-state index contributed by atoms with van der Waals surface area (Å²) in [6.45, 7) is 9.13. The summed E-state index contributed by atoms with van der Waals surface area (Å²) in [5.74, 6) is 0.917. The van der Waals surface area contributed by atoms with Gasteiger partial charge in [-0.3, -0.25) is 0 Å². The van der Waals surface area contributed by atoms with Crippen LogP contribution in [0.1, 0.15) is 45.9 Å². The van der Waals surface area contributed by atoms with Crippen molar-refractivity contribution in [3.8, 4) is 0 Å². The molecular weight excluding hydrogens is 256 g/mol. The highest BCUT2D eigenvalue weighted by molar-refractivity contribution is 5.68. The zero-order valence-electron chi connectivity index (χ0n) is 12.7. The number of likely N-dealkylation sites (tertiary alicyclic amines) is 1. The van der Waals surface area contributed by atoms with Crippen LogP contribution in [-0.2, 0) is 4.74 Å². The summed E-state index contributed by atoms with van der Waals surface area (Å²) >= 11 is 0. The molecule has 2 heterocycles. The Kier molecular flexibility index (Phi) is 4.38. The molecule has 2 rings (SSSR count). The number of nitrogens with one attached hydrogen (secondary N) is 1. The first-order chi connectivity index (χ1) is 9.35. The van der Waals surface area contributed by atoms with Gasteiger partial charge in [-0.2, -0.15) is 0 Å². The number of nitrogens with zero attached hydrogens (tertiary/aromatic N) is 1. The van der Waals surface area contributed by atoms with Gasteiger partial charge in [0.05, 0.1) is 12.3 Å². The average molecular weight is 280 g/mol. The molecule has 0 spiro atoms. The molecule has 0 unspecified atom stereocenters. The standard InChI is InChI=1S/C15H24N2O3/c1-11(13-6-5-9-19-13)16-12-7-8-17(10-12)14(18)20-15(2,3)4/h5-6,9,11-12,16H,7-8,10H2,1-4H3/t11-,12-/m1/s1. The van der Waals surface area contributed by atoms with E-state index in [0.717, 1.165) is 18.7 Å². The zero-order valence-corrected chi connectivity index (χ0v) is 12.7. The highest BCUT2D eigenvalue weighted by atomic mass is 16.6. The Morgan fingerprint density at radius 3 is 2.90 bits per heavy atom. The van der Waals surface area contributed by atoms with E-state index in [4.69, 9.17) is 9.15 Å². The number of furan rings is 1. The monoisotopic (exact) mass is 280 g/mol. The van der Waals surface area contributed by atoms with Crippen molar-refractivity contribution in [3.05, 3.63) is 24.2 Å². The topological polar surface area (TPSA) is 54.7 Å². The normalized spacial score (nSPS) is 21.0. The van der Waals surface area contributed by atoms with Crippen molar-refractivity contribution in [3.63, 3.8) is 0 Å². The molecule has 1 aromatic heterocycles. The molecular formula is C15H24N2O3. The van der Waals surface area contributed by atoms with E-state index in [1.54, 1.807) is 11.2 Å². The third-order valence-electron chi connectivity index (χ3n) is 3.30. The van der Waals surface area contributed by atoms with E-state index in [0.29, 0.717) is 6.54 Å². The number of rotatable bonds is 3. The predicted octanol–water partition coefficient (Wildman–Crippen LogP) is 2.94. The number of hydrogen-bond acceptors (Lipinski definition) is 4. The lowest BCUT2D eigenvalue weighted by Gasteiger charge is -2.24. The van der Waals surface area contributed by atoms with Gasteiger partial charge in [0.1, 0.15) is 11.4 Å². The van der Waals surface area contributed by atoms with Crippen LogP contribution in [0.15, 0.2) is 22.8 Å². The second-order valence-electron chi connectivity index (χ2n) is 6.32. The maximum atomic E-state index is 12.0. The number of carbonyl (C=O) groups is 1. The molecule has 2 atom stereocenters. The zero-order chi connectivity index (χ0) is 14.8. The van der Waals surface area contributed by atoms with Gasteiger partial charge in [0, 0.05) is 19.1 Å². The Balaban J connectivity index is 1.82. The summed E-state index contributed by atoms with van der Waals surface area (Å²) in [5, 5.41) is 3.49. The Hall–Kier alpha value is -1.49. The quantitative estimate of drug-likeness (QED) is 0.925. The molecule has 112 valence electrons. The third kappa shape index (κ3) is 4.00. The van der Waals surface area contributed by atoms with Gasteiger partial charge >= 0.3 is 6.09 Å². The van der Waals surface area contributed by atoms with Crippen LogP contribution >= 0.6 is 0 Å². The lowest BCUT2D eigenvalue weighted by atomic mass is 10.2. The first-order valence-corrected chi connectivity index (χ1v) is 7.12. The van der Waals surface area contributed by atoms with Crippen molar-refractivity contribution in [2.24, 2.45) is 0 Å². The maximum Gasteiger partial charge on any atom is 0.410 e. The summed E-state index contributed by atoms with van der Waals surface area (Å²) in [4.78, 5) is 13.7. The van der Waals surface area contributed by atoms with Crippen molar-refractivity contribution in [2.45, 2.75) is 51.8 Å². The molecule has 0 bridgehead atoms. The van der Waals surface area contributed by atoms with Gasteiger partial charge in [-0.1, -0.05) is 0 Å². The molecule has 0 saturated carbocycles. The molecule has 5 heteroatoms. The van der Waals surface area contributed by atoms with Crippen LogP contribution in [0.2, 0.25) is 0 Å². The van der Waals surface area contributed by atoms with E-state index in [2.05, 4.69) is 12.2 Å². The van der Waals surface area contributed by atoms with Crippen molar-refractivity contribution >= 4 is 6.09 Å². The number of carbonyl (C=O) groups excluding carboxylic acids is 1. The third-order valence-corrected chi connectivity index (χ3v) is 3.30. The second-order valence-corrected chi connectivity index (χ2v) is 6.32. The van der Waals surface area contributed by atoms with Gasteiger partial charge < -0.3 is 19.4 Å². The van der Waals surface area contributed by atoms with Crippen LogP contribution in [0, 0.1) is 0 Å². The van der Waals surface area contributed by atoms with E-state index in [1.165, 1.54) is 0 Å². The van der Waals surface area contributed by atoms with Crippen LogP contribution in [-0.4, -0.2) is 35.7 Å². The Bertz CT molecular complexity index is 436. The fraction of sp³-hybridized carbons (Fsp3) is 0.667. The van der Waals surface area contributed by atoms with Crippen LogP contribution in [0.3, 0.4) is 0 Å². The lowest BCUT2D eigenvalue weighted by Crippen LogP contribution is -2.38. The van der Waals surface area contributed by atoms with Gasteiger partial charge in [0.15, 0.2) is 0 Å². The first-order valence-electron chi connectivity index (χ1n) is 7.12. The molecule has 1 aromatic rings. The van der Waals surface area contributed by atoms with E-state index in [1.807, 2.05) is 32.9 Å². The molecule has 5 nitrogen and oxygen atoms in total. The van der Waals surface area contributed by atoms with Crippen molar-refractivity contribution in [2.75, 3.05) is 13.1 Å². The van der Waals surface area contributed by atoms with Gasteiger partial charge in [-0.25, -0.2) is 4.79 Å². The second kappa shape index (κ2) is 5.87. The molecule has 0 aromatic carbocycles. The fourth-order valence-electron chi connectivity index (χ4n) is 2.36. The highest BCUT2D eigenvalue weighted by Gasteiger charge is 2.30. The average Bonchev–Trinajstić information content (AvgIpc) is 2.97. The Morgan fingerprint density at radius 1 is 1.55 bits per heavy atom. The number of amides is 1. The molecule has 20 heavy (non-hydrogen) atoms. The van der Waals surface area contributed by atoms with Gasteiger partial charge in [0.2, 0.25) is 0 Å². The molecule has 1 saturated heterocycles. The minimum absolute atomic E-state index is 0.147. The van der Waals surface area contributed by atoms with E-state index in [-0.39, 0.29) is 18.2 Å². The van der Waals surface area contributed by atoms with Crippen LogP contribution in [0.4, 0.5) is 4.79 Å². The lowest BCUT2D eigenvalue weighted by molar-refractivity contribution is 0.0290. The van der Waals surface area contributed by atoms with Gasteiger partial charge in [-0.05, 0) is 46.2 Å². The van der Waals surface area contributed by atoms with Crippen LogP contribution in [0.5, 0.6) is 0 Å². The molecule has 1 fully saturated rings. The van der Waals surface area contributed by atoms with E-state index >= 15 is 0 Å². The van der Waals surface area contributed by atoms with Crippen LogP contribution in [0.25, 0.3) is 0 Å².